The second-order valence-electron chi connectivity index (χ2n) is 4.90. The molecule has 0 atom stereocenters. The number of benzene rings is 1. The Labute approximate surface area is 126 Å². The van der Waals surface area contributed by atoms with Crippen LogP contribution in [0.25, 0.3) is 0 Å². The van der Waals surface area contributed by atoms with Crippen molar-refractivity contribution in [2.75, 3.05) is 23.4 Å². The Hall–Kier alpha value is -1.89. The fourth-order valence-corrected chi connectivity index (χ4v) is 3.38. The van der Waals surface area contributed by atoms with Crippen LogP contribution in [0, 0.1) is 5.92 Å². The minimum atomic E-state index is -1.24. The van der Waals surface area contributed by atoms with Gasteiger partial charge in [-0.1, -0.05) is 6.07 Å². The van der Waals surface area contributed by atoms with Crippen LogP contribution in [0.1, 0.15) is 23.2 Å². The molecule has 1 aliphatic rings. The first-order chi connectivity index (χ1) is 10.1. The summed E-state index contributed by atoms with van der Waals surface area (Å²) in [4.78, 5) is 22.7. The molecule has 1 aromatic rings. The number of thioether (sulfide) groups is 1. The number of para-hydroxylation sites is 1. The van der Waals surface area contributed by atoms with Crippen molar-refractivity contribution in [1.29, 1.82) is 0 Å². The minimum Gasteiger partial charge on any atom is -0.505 e. The highest BCUT2D eigenvalue weighted by Gasteiger charge is 2.16. The second kappa shape index (κ2) is 7.21. The van der Waals surface area contributed by atoms with Gasteiger partial charge in [0.25, 0.3) is 0 Å². The van der Waals surface area contributed by atoms with Gasteiger partial charge in [0.2, 0.25) is 0 Å². The number of anilines is 1. The molecule has 2 rings (SSSR count). The average Bonchev–Trinajstić information content (AvgIpc) is 2.48. The maximum absolute atomic E-state index is 11.8. The van der Waals surface area contributed by atoms with E-state index < -0.39 is 17.7 Å². The van der Waals surface area contributed by atoms with Gasteiger partial charge in [-0.2, -0.15) is 11.8 Å². The van der Waals surface area contributed by atoms with Crippen LogP contribution in [0.2, 0.25) is 0 Å². The average molecular weight is 310 g/mol. The van der Waals surface area contributed by atoms with Crippen molar-refractivity contribution in [1.82, 2.24) is 5.32 Å². The number of rotatable bonds is 4. The van der Waals surface area contributed by atoms with Gasteiger partial charge in [0.05, 0.1) is 5.69 Å². The summed E-state index contributed by atoms with van der Waals surface area (Å²) in [5.74, 6) is 1.05. The van der Waals surface area contributed by atoms with Crippen LogP contribution in [-0.2, 0) is 0 Å². The highest BCUT2D eigenvalue weighted by molar-refractivity contribution is 7.99. The summed E-state index contributed by atoms with van der Waals surface area (Å²) in [7, 11) is 0. The number of aromatic carboxylic acids is 1. The SMILES string of the molecule is O=C(NCC1CCSCC1)Nc1cccc(C(=O)O)c1O. The van der Waals surface area contributed by atoms with Crippen molar-refractivity contribution >= 4 is 29.4 Å². The molecule has 1 aromatic carbocycles. The van der Waals surface area contributed by atoms with Gasteiger partial charge < -0.3 is 20.8 Å². The smallest absolute Gasteiger partial charge is 0.339 e. The minimum absolute atomic E-state index is 0.0894. The number of carbonyl (C=O) groups is 2. The quantitative estimate of drug-likeness (QED) is 0.640. The van der Waals surface area contributed by atoms with Crippen LogP contribution >= 0.6 is 11.8 Å². The molecule has 1 saturated heterocycles. The number of carboxylic acid groups (broad SMARTS) is 1. The van der Waals surface area contributed by atoms with Crippen LogP contribution in [0.15, 0.2) is 18.2 Å². The molecule has 1 fully saturated rings. The number of hydrogen-bond donors (Lipinski definition) is 4. The van der Waals surface area contributed by atoms with Crippen LogP contribution in [-0.4, -0.2) is 40.3 Å². The topological polar surface area (TPSA) is 98.7 Å². The summed E-state index contributed by atoms with van der Waals surface area (Å²) >= 11 is 1.92. The summed E-state index contributed by atoms with van der Waals surface area (Å²) < 4.78 is 0. The lowest BCUT2D eigenvalue weighted by atomic mass is 10.0. The lowest BCUT2D eigenvalue weighted by Crippen LogP contribution is -2.34. The first-order valence-corrected chi connectivity index (χ1v) is 7.91. The van der Waals surface area contributed by atoms with Crippen molar-refractivity contribution < 1.29 is 19.8 Å². The third-order valence-corrected chi connectivity index (χ3v) is 4.46. The first kappa shape index (κ1) is 15.5. The molecule has 1 heterocycles. The summed E-state index contributed by atoms with van der Waals surface area (Å²) in [5, 5.41) is 23.9. The van der Waals surface area contributed by atoms with Gasteiger partial charge in [0.1, 0.15) is 5.56 Å². The normalized spacial score (nSPS) is 15.4. The predicted molar refractivity (Wildman–Crippen MR) is 82.1 cm³/mol. The molecule has 21 heavy (non-hydrogen) atoms. The van der Waals surface area contributed by atoms with Gasteiger partial charge in [-0.05, 0) is 42.4 Å². The summed E-state index contributed by atoms with van der Waals surface area (Å²) in [5.41, 5.74) is -0.149. The van der Waals surface area contributed by atoms with Gasteiger partial charge >= 0.3 is 12.0 Å². The second-order valence-corrected chi connectivity index (χ2v) is 6.12. The van der Waals surface area contributed by atoms with Gasteiger partial charge in [-0.25, -0.2) is 9.59 Å². The Balaban J connectivity index is 1.90. The standard InChI is InChI=1S/C14H18N2O4S/c17-12-10(13(18)19)2-1-3-11(12)16-14(20)15-8-9-4-6-21-7-5-9/h1-3,9,17H,4-8H2,(H,18,19)(H2,15,16,20). The summed E-state index contributed by atoms with van der Waals surface area (Å²) in [6.07, 6.45) is 2.18. The number of urea groups is 1. The lowest BCUT2D eigenvalue weighted by molar-refractivity contribution is 0.0693. The molecule has 0 spiro atoms. The number of amides is 2. The zero-order valence-electron chi connectivity index (χ0n) is 11.5. The molecule has 0 saturated carbocycles. The highest BCUT2D eigenvalue weighted by Crippen LogP contribution is 2.27. The van der Waals surface area contributed by atoms with E-state index in [1.54, 1.807) is 0 Å². The molecule has 0 aliphatic carbocycles. The Morgan fingerprint density at radius 3 is 2.67 bits per heavy atom. The number of carboxylic acids is 1. The van der Waals surface area contributed by atoms with Crippen LogP contribution in [0.5, 0.6) is 5.75 Å². The fourth-order valence-electron chi connectivity index (χ4n) is 2.17. The Morgan fingerprint density at radius 2 is 2.00 bits per heavy atom. The van der Waals surface area contributed by atoms with Crippen LogP contribution in [0.3, 0.4) is 0 Å². The van der Waals surface area contributed by atoms with E-state index in [1.165, 1.54) is 18.2 Å². The first-order valence-electron chi connectivity index (χ1n) is 6.76. The maximum Gasteiger partial charge on any atom is 0.339 e. The maximum atomic E-state index is 11.8. The summed E-state index contributed by atoms with van der Waals surface area (Å²) in [6.45, 7) is 0.589. The van der Waals surface area contributed by atoms with E-state index in [9.17, 15) is 14.7 Å². The molecular weight excluding hydrogens is 292 g/mol. The Bertz CT molecular complexity index is 530. The van der Waals surface area contributed by atoms with Crippen molar-refractivity contribution in [3.05, 3.63) is 23.8 Å². The molecule has 0 aromatic heterocycles. The van der Waals surface area contributed by atoms with E-state index in [1.807, 2.05) is 11.8 Å². The number of hydrogen-bond acceptors (Lipinski definition) is 4. The predicted octanol–water partition coefficient (Wildman–Crippen LogP) is 2.36. The lowest BCUT2D eigenvalue weighted by Gasteiger charge is -2.21. The van der Waals surface area contributed by atoms with E-state index in [4.69, 9.17) is 5.11 Å². The molecule has 1 aliphatic heterocycles. The number of carbonyl (C=O) groups excluding carboxylic acids is 1. The molecule has 0 bridgehead atoms. The summed E-state index contributed by atoms with van der Waals surface area (Å²) in [6, 6.07) is 3.77. The van der Waals surface area contributed by atoms with Crippen molar-refractivity contribution in [3.63, 3.8) is 0 Å². The van der Waals surface area contributed by atoms with Crippen molar-refractivity contribution in [2.24, 2.45) is 5.92 Å². The third-order valence-electron chi connectivity index (χ3n) is 3.41. The van der Waals surface area contributed by atoms with Gasteiger partial charge in [-0.3, -0.25) is 0 Å². The van der Waals surface area contributed by atoms with E-state index in [0.29, 0.717) is 12.5 Å². The number of aromatic hydroxyl groups is 1. The molecule has 0 unspecified atom stereocenters. The monoisotopic (exact) mass is 310 g/mol. The van der Waals surface area contributed by atoms with E-state index in [0.717, 1.165) is 24.3 Å². The zero-order chi connectivity index (χ0) is 15.2. The van der Waals surface area contributed by atoms with Crippen molar-refractivity contribution in [2.45, 2.75) is 12.8 Å². The van der Waals surface area contributed by atoms with E-state index in [2.05, 4.69) is 10.6 Å². The van der Waals surface area contributed by atoms with E-state index >= 15 is 0 Å². The largest absolute Gasteiger partial charge is 0.505 e. The molecule has 6 nitrogen and oxygen atoms in total. The number of nitrogens with one attached hydrogen (secondary N) is 2. The molecule has 0 radical (unpaired) electrons. The zero-order valence-corrected chi connectivity index (χ0v) is 12.3. The molecule has 7 heteroatoms. The van der Waals surface area contributed by atoms with Gasteiger partial charge in [0, 0.05) is 6.54 Å². The molecule has 4 N–H and O–H groups in total. The molecule has 2 amide bonds. The Kier molecular flexibility index (Phi) is 5.32. The molecule has 114 valence electrons. The van der Waals surface area contributed by atoms with E-state index in [-0.39, 0.29) is 11.3 Å². The van der Waals surface area contributed by atoms with Crippen LogP contribution < -0.4 is 10.6 Å². The van der Waals surface area contributed by atoms with Crippen LogP contribution in [0.4, 0.5) is 10.5 Å². The van der Waals surface area contributed by atoms with Gasteiger partial charge in [0.15, 0.2) is 5.75 Å². The van der Waals surface area contributed by atoms with Gasteiger partial charge in [-0.15, -0.1) is 0 Å². The van der Waals surface area contributed by atoms with Crippen molar-refractivity contribution in [3.8, 4) is 5.75 Å². The number of phenols is 1. The third kappa shape index (κ3) is 4.29. The molecular formula is C14H18N2O4S. The highest BCUT2D eigenvalue weighted by atomic mass is 32.2. The fraction of sp³-hybridized carbons (Fsp3) is 0.429. The Morgan fingerprint density at radius 1 is 1.29 bits per heavy atom.